The normalized spacial score (nSPS) is 14.5. The number of anilines is 1. The van der Waals surface area contributed by atoms with Crippen molar-refractivity contribution in [3.63, 3.8) is 0 Å². The number of aryl methyl sites for hydroxylation is 2. The summed E-state index contributed by atoms with van der Waals surface area (Å²) in [6.07, 6.45) is 1.65. The second-order valence-corrected chi connectivity index (χ2v) is 8.69. The minimum absolute atomic E-state index is 0.0127. The van der Waals surface area contributed by atoms with Gasteiger partial charge < -0.3 is 9.80 Å². The number of aromatic nitrogens is 3. The number of fused-ring (bicyclic) bond motifs is 1. The summed E-state index contributed by atoms with van der Waals surface area (Å²) >= 11 is 0. The van der Waals surface area contributed by atoms with Crippen molar-refractivity contribution in [2.24, 2.45) is 5.92 Å². The smallest absolute Gasteiger partial charge is 0.283 e. The Morgan fingerprint density at radius 3 is 2.55 bits per heavy atom. The first-order valence-corrected chi connectivity index (χ1v) is 10.8. The van der Waals surface area contributed by atoms with Crippen LogP contribution in [0.5, 0.6) is 0 Å². The lowest BCUT2D eigenvalue weighted by atomic mass is 10.1. The minimum Gasteiger partial charge on any atom is -0.368 e. The van der Waals surface area contributed by atoms with Crippen LogP contribution >= 0.6 is 0 Å². The molecule has 7 nitrogen and oxygen atoms in total. The third-order valence-electron chi connectivity index (χ3n) is 5.72. The molecule has 0 atom stereocenters. The van der Waals surface area contributed by atoms with Crippen molar-refractivity contribution >= 4 is 22.8 Å². The highest BCUT2D eigenvalue weighted by Gasteiger charge is 2.27. The largest absolute Gasteiger partial charge is 0.368 e. The molecule has 7 heteroatoms. The molecule has 0 bridgehead atoms. The molecule has 0 spiro atoms. The first kappa shape index (κ1) is 21.0. The zero-order chi connectivity index (χ0) is 22.1. The van der Waals surface area contributed by atoms with Gasteiger partial charge in [-0.2, -0.15) is 0 Å². The maximum Gasteiger partial charge on any atom is 0.283 e. The zero-order valence-electron chi connectivity index (χ0n) is 18.6. The Labute approximate surface area is 182 Å². The highest BCUT2D eigenvalue weighted by atomic mass is 16.2. The maximum atomic E-state index is 13.3. The molecule has 0 aliphatic carbocycles. The van der Waals surface area contributed by atoms with Crippen molar-refractivity contribution in [1.82, 2.24) is 19.4 Å². The number of nitrogens with zero attached hydrogens (tertiary/aromatic N) is 5. The van der Waals surface area contributed by atoms with E-state index < -0.39 is 0 Å². The molecule has 3 aromatic rings. The Morgan fingerprint density at radius 1 is 1.10 bits per heavy atom. The van der Waals surface area contributed by atoms with Gasteiger partial charge in [0, 0.05) is 44.6 Å². The summed E-state index contributed by atoms with van der Waals surface area (Å²) in [5, 5.41) is 0. The number of carbonyl (C=O) groups excluding carboxylic acids is 1. The Bertz CT molecular complexity index is 1180. The average molecular weight is 420 g/mol. The van der Waals surface area contributed by atoms with Crippen molar-refractivity contribution in [3.8, 4) is 0 Å². The van der Waals surface area contributed by atoms with Crippen molar-refractivity contribution in [2.45, 2.75) is 34.2 Å². The molecule has 0 radical (unpaired) electrons. The van der Waals surface area contributed by atoms with Gasteiger partial charge in [-0.3, -0.25) is 14.2 Å². The molecule has 2 aromatic heterocycles. The molecule has 31 heavy (non-hydrogen) atoms. The summed E-state index contributed by atoms with van der Waals surface area (Å²) in [5.41, 5.74) is 4.38. The van der Waals surface area contributed by atoms with E-state index >= 15 is 0 Å². The first-order valence-electron chi connectivity index (χ1n) is 10.8. The van der Waals surface area contributed by atoms with Gasteiger partial charge in [0.2, 0.25) is 0 Å². The lowest BCUT2D eigenvalue weighted by Crippen LogP contribution is -2.50. The van der Waals surface area contributed by atoms with Crippen LogP contribution in [0, 0.1) is 19.8 Å². The van der Waals surface area contributed by atoms with Crippen LogP contribution < -0.4 is 10.5 Å². The highest BCUT2D eigenvalue weighted by Crippen LogP contribution is 2.23. The predicted molar refractivity (Wildman–Crippen MR) is 123 cm³/mol. The van der Waals surface area contributed by atoms with Crippen LogP contribution in [-0.2, 0) is 6.54 Å². The molecule has 0 unspecified atom stereocenters. The number of amides is 1. The molecule has 1 saturated heterocycles. The summed E-state index contributed by atoms with van der Waals surface area (Å²) in [4.78, 5) is 39.3. The molecular formula is C24H29N5O2. The van der Waals surface area contributed by atoms with Crippen molar-refractivity contribution in [1.29, 1.82) is 0 Å². The monoisotopic (exact) mass is 419 g/mol. The van der Waals surface area contributed by atoms with Gasteiger partial charge in [-0.15, -0.1) is 0 Å². The summed E-state index contributed by atoms with van der Waals surface area (Å²) in [5.74, 6) is -0.0526. The van der Waals surface area contributed by atoms with Crippen molar-refractivity contribution in [3.05, 3.63) is 63.7 Å². The standard InChI is InChI=1S/C24H29N5O2/c1-16(2)15-29-22-19(6-5-9-25-22)26-21(24(29)31)23(30)28-12-10-27(11-13-28)20-14-17(3)7-8-18(20)4/h5-9,14,16H,10-13,15H2,1-4H3. The van der Waals surface area contributed by atoms with Gasteiger partial charge in [-0.25, -0.2) is 9.97 Å². The maximum absolute atomic E-state index is 13.3. The average Bonchev–Trinajstić information content (AvgIpc) is 2.76. The second kappa shape index (κ2) is 8.49. The van der Waals surface area contributed by atoms with Crippen LogP contribution in [0.25, 0.3) is 11.2 Å². The molecule has 0 N–H and O–H groups in total. The number of piperazine rings is 1. The Hall–Kier alpha value is -3.22. The van der Waals surface area contributed by atoms with E-state index in [0.717, 1.165) is 13.1 Å². The summed E-state index contributed by atoms with van der Waals surface area (Å²) in [7, 11) is 0. The van der Waals surface area contributed by atoms with E-state index in [1.807, 2.05) is 13.8 Å². The van der Waals surface area contributed by atoms with Gasteiger partial charge in [0.25, 0.3) is 11.5 Å². The van der Waals surface area contributed by atoms with Gasteiger partial charge in [0.1, 0.15) is 5.52 Å². The van der Waals surface area contributed by atoms with E-state index in [1.165, 1.54) is 16.8 Å². The van der Waals surface area contributed by atoms with E-state index in [1.54, 1.807) is 27.8 Å². The highest BCUT2D eigenvalue weighted by molar-refractivity contribution is 5.93. The van der Waals surface area contributed by atoms with E-state index in [-0.39, 0.29) is 23.1 Å². The molecule has 162 valence electrons. The third kappa shape index (κ3) is 4.17. The molecule has 4 rings (SSSR count). The Kier molecular flexibility index (Phi) is 5.76. The van der Waals surface area contributed by atoms with Crippen molar-refractivity contribution < 1.29 is 4.79 Å². The fourth-order valence-corrected chi connectivity index (χ4v) is 4.11. The van der Waals surface area contributed by atoms with Crippen LogP contribution in [0.1, 0.15) is 35.5 Å². The van der Waals surface area contributed by atoms with Gasteiger partial charge >= 0.3 is 0 Å². The summed E-state index contributed by atoms with van der Waals surface area (Å²) in [6.45, 7) is 11.3. The Morgan fingerprint density at radius 2 is 1.84 bits per heavy atom. The van der Waals surface area contributed by atoms with Crippen LogP contribution in [0.2, 0.25) is 0 Å². The first-order chi connectivity index (χ1) is 14.8. The molecule has 0 saturated carbocycles. The van der Waals surface area contributed by atoms with Gasteiger partial charge in [0.15, 0.2) is 11.3 Å². The van der Waals surface area contributed by atoms with Crippen molar-refractivity contribution in [2.75, 3.05) is 31.1 Å². The Balaban J connectivity index is 1.60. The van der Waals surface area contributed by atoms with Gasteiger partial charge in [0.05, 0.1) is 0 Å². The number of pyridine rings is 1. The minimum atomic E-state index is -0.359. The fraction of sp³-hybridized carbons (Fsp3) is 0.417. The van der Waals surface area contributed by atoms with Gasteiger partial charge in [-0.1, -0.05) is 26.0 Å². The fourth-order valence-electron chi connectivity index (χ4n) is 4.11. The molecule has 1 aliphatic rings. The molecular weight excluding hydrogens is 390 g/mol. The SMILES string of the molecule is Cc1ccc(C)c(N2CCN(C(=O)c3nc4cccnc4n(CC(C)C)c3=O)CC2)c1. The van der Waals surface area contributed by atoms with E-state index in [2.05, 4.69) is 46.9 Å². The molecule has 1 aromatic carbocycles. The van der Waals surface area contributed by atoms with Gasteiger partial charge in [-0.05, 0) is 49.1 Å². The summed E-state index contributed by atoms with van der Waals surface area (Å²) in [6, 6.07) is 10.0. The number of carbonyl (C=O) groups is 1. The van der Waals surface area contributed by atoms with Crippen LogP contribution in [-0.4, -0.2) is 51.5 Å². The molecule has 3 heterocycles. The number of benzene rings is 1. The van der Waals surface area contributed by atoms with Crippen LogP contribution in [0.3, 0.4) is 0 Å². The van der Waals surface area contributed by atoms with Crippen LogP contribution in [0.15, 0.2) is 41.3 Å². The van der Waals surface area contributed by atoms with E-state index in [9.17, 15) is 9.59 Å². The molecule has 1 aliphatic heterocycles. The predicted octanol–water partition coefficient (Wildman–Crippen LogP) is 3.03. The number of hydrogen-bond donors (Lipinski definition) is 0. The molecule has 1 amide bonds. The topological polar surface area (TPSA) is 71.3 Å². The van der Waals surface area contributed by atoms with Crippen LogP contribution in [0.4, 0.5) is 5.69 Å². The zero-order valence-corrected chi connectivity index (χ0v) is 18.6. The van der Waals surface area contributed by atoms with E-state index in [4.69, 9.17) is 0 Å². The second-order valence-electron chi connectivity index (χ2n) is 8.69. The molecule has 1 fully saturated rings. The van der Waals surface area contributed by atoms with E-state index in [0.29, 0.717) is 30.8 Å². The lowest BCUT2D eigenvalue weighted by molar-refractivity contribution is 0.0738. The number of rotatable bonds is 4. The lowest BCUT2D eigenvalue weighted by Gasteiger charge is -2.36. The summed E-state index contributed by atoms with van der Waals surface area (Å²) < 4.78 is 1.59. The quantitative estimate of drug-likeness (QED) is 0.650. The third-order valence-corrected chi connectivity index (χ3v) is 5.72. The number of hydrogen-bond acceptors (Lipinski definition) is 5.